The SMILES string of the molecule is COCCCNCC1COCCN1. The van der Waals surface area contributed by atoms with Crippen molar-refractivity contribution in [2.45, 2.75) is 12.5 Å². The molecule has 0 aromatic heterocycles. The van der Waals surface area contributed by atoms with Crippen LogP contribution in [0, 0.1) is 0 Å². The van der Waals surface area contributed by atoms with Gasteiger partial charge in [-0.25, -0.2) is 0 Å². The van der Waals surface area contributed by atoms with Gasteiger partial charge in [0, 0.05) is 32.8 Å². The number of methoxy groups -OCH3 is 1. The van der Waals surface area contributed by atoms with Gasteiger partial charge >= 0.3 is 0 Å². The van der Waals surface area contributed by atoms with E-state index in [4.69, 9.17) is 9.47 Å². The molecule has 13 heavy (non-hydrogen) atoms. The van der Waals surface area contributed by atoms with E-state index >= 15 is 0 Å². The molecule has 0 spiro atoms. The molecule has 0 radical (unpaired) electrons. The predicted octanol–water partition coefficient (Wildman–Crippen LogP) is -0.399. The lowest BCUT2D eigenvalue weighted by atomic mass is 10.3. The highest BCUT2D eigenvalue weighted by Gasteiger charge is 2.11. The fourth-order valence-corrected chi connectivity index (χ4v) is 1.37. The van der Waals surface area contributed by atoms with Gasteiger partial charge in [0.25, 0.3) is 0 Å². The van der Waals surface area contributed by atoms with Crippen molar-refractivity contribution in [1.82, 2.24) is 10.6 Å². The minimum absolute atomic E-state index is 0.483. The van der Waals surface area contributed by atoms with E-state index in [9.17, 15) is 0 Å². The van der Waals surface area contributed by atoms with Crippen LogP contribution in [0.2, 0.25) is 0 Å². The van der Waals surface area contributed by atoms with Gasteiger partial charge in [-0.05, 0) is 13.0 Å². The summed E-state index contributed by atoms with van der Waals surface area (Å²) in [6.45, 7) is 5.50. The molecule has 0 bridgehead atoms. The second-order valence-electron chi connectivity index (χ2n) is 3.28. The van der Waals surface area contributed by atoms with Crippen LogP contribution in [0.25, 0.3) is 0 Å². The van der Waals surface area contributed by atoms with Gasteiger partial charge in [-0.1, -0.05) is 0 Å². The quantitative estimate of drug-likeness (QED) is 0.557. The maximum absolute atomic E-state index is 5.33. The molecule has 0 aromatic rings. The number of nitrogens with one attached hydrogen (secondary N) is 2. The molecule has 1 heterocycles. The molecular weight excluding hydrogens is 168 g/mol. The van der Waals surface area contributed by atoms with E-state index in [0.29, 0.717) is 6.04 Å². The van der Waals surface area contributed by atoms with E-state index in [-0.39, 0.29) is 0 Å². The van der Waals surface area contributed by atoms with Crippen molar-refractivity contribution in [1.29, 1.82) is 0 Å². The van der Waals surface area contributed by atoms with Crippen LogP contribution < -0.4 is 10.6 Å². The standard InChI is InChI=1S/C9H20N2O2/c1-12-5-2-3-10-7-9-8-13-6-4-11-9/h9-11H,2-8H2,1H3. The highest BCUT2D eigenvalue weighted by molar-refractivity contribution is 4.72. The molecule has 1 unspecified atom stereocenters. The first-order valence-electron chi connectivity index (χ1n) is 4.94. The Kier molecular flexibility index (Phi) is 6.10. The van der Waals surface area contributed by atoms with Crippen molar-refractivity contribution in [3.63, 3.8) is 0 Å². The molecule has 1 aliphatic rings. The average molecular weight is 188 g/mol. The Bertz CT molecular complexity index is 116. The first-order chi connectivity index (χ1) is 6.43. The van der Waals surface area contributed by atoms with E-state index in [2.05, 4.69) is 10.6 Å². The van der Waals surface area contributed by atoms with Crippen LogP contribution in [0.1, 0.15) is 6.42 Å². The maximum Gasteiger partial charge on any atom is 0.0632 e. The summed E-state index contributed by atoms with van der Waals surface area (Å²) in [7, 11) is 1.73. The second kappa shape index (κ2) is 7.26. The Morgan fingerprint density at radius 2 is 2.54 bits per heavy atom. The smallest absolute Gasteiger partial charge is 0.0632 e. The van der Waals surface area contributed by atoms with E-state index in [0.717, 1.165) is 45.9 Å². The zero-order valence-electron chi connectivity index (χ0n) is 8.34. The monoisotopic (exact) mass is 188 g/mol. The summed E-state index contributed by atoms with van der Waals surface area (Å²) < 4.78 is 10.3. The zero-order valence-corrected chi connectivity index (χ0v) is 8.34. The van der Waals surface area contributed by atoms with Crippen LogP contribution in [0.15, 0.2) is 0 Å². The Labute approximate surface area is 80.0 Å². The minimum Gasteiger partial charge on any atom is -0.385 e. The summed E-state index contributed by atoms with van der Waals surface area (Å²) in [5, 5.41) is 6.76. The summed E-state index contributed by atoms with van der Waals surface area (Å²) in [5.74, 6) is 0. The van der Waals surface area contributed by atoms with Crippen molar-refractivity contribution in [3.05, 3.63) is 0 Å². The highest BCUT2D eigenvalue weighted by atomic mass is 16.5. The summed E-state index contributed by atoms with van der Waals surface area (Å²) in [5.41, 5.74) is 0. The van der Waals surface area contributed by atoms with Crippen molar-refractivity contribution in [2.24, 2.45) is 0 Å². The number of hydrogen-bond acceptors (Lipinski definition) is 4. The van der Waals surface area contributed by atoms with Crippen molar-refractivity contribution >= 4 is 0 Å². The largest absolute Gasteiger partial charge is 0.385 e. The molecule has 0 aromatic carbocycles. The summed E-state index contributed by atoms with van der Waals surface area (Å²) >= 11 is 0. The van der Waals surface area contributed by atoms with Crippen LogP contribution in [-0.2, 0) is 9.47 Å². The molecule has 1 aliphatic heterocycles. The molecule has 2 N–H and O–H groups in total. The first kappa shape index (κ1) is 10.9. The normalized spacial score (nSPS) is 23.3. The number of hydrogen-bond donors (Lipinski definition) is 2. The van der Waals surface area contributed by atoms with Crippen molar-refractivity contribution < 1.29 is 9.47 Å². The molecular formula is C9H20N2O2. The van der Waals surface area contributed by atoms with Gasteiger partial charge in [0.1, 0.15) is 0 Å². The Morgan fingerprint density at radius 1 is 1.62 bits per heavy atom. The molecule has 0 saturated carbocycles. The lowest BCUT2D eigenvalue weighted by molar-refractivity contribution is 0.0765. The fraction of sp³-hybridized carbons (Fsp3) is 1.00. The lowest BCUT2D eigenvalue weighted by Gasteiger charge is -2.23. The Hall–Kier alpha value is -0.160. The molecule has 78 valence electrons. The molecule has 1 atom stereocenters. The van der Waals surface area contributed by atoms with Crippen LogP contribution in [-0.4, -0.2) is 52.6 Å². The zero-order chi connectivity index (χ0) is 9.36. The van der Waals surface area contributed by atoms with Crippen LogP contribution in [0.4, 0.5) is 0 Å². The van der Waals surface area contributed by atoms with Crippen molar-refractivity contribution in [3.8, 4) is 0 Å². The molecule has 0 aliphatic carbocycles. The third kappa shape index (κ3) is 5.21. The van der Waals surface area contributed by atoms with Gasteiger partial charge in [-0.2, -0.15) is 0 Å². The van der Waals surface area contributed by atoms with Gasteiger partial charge in [0.05, 0.1) is 13.2 Å². The summed E-state index contributed by atoms with van der Waals surface area (Å²) in [6, 6.07) is 0.483. The van der Waals surface area contributed by atoms with Gasteiger partial charge in [-0.3, -0.25) is 0 Å². The maximum atomic E-state index is 5.33. The predicted molar refractivity (Wildman–Crippen MR) is 52.0 cm³/mol. The van der Waals surface area contributed by atoms with Crippen LogP contribution in [0.5, 0.6) is 0 Å². The average Bonchev–Trinajstić information content (AvgIpc) is 2.19. The van der Waals surface area contributed by atoms with Gasteiger partial charge in [0.15, 0.2) is 0 Å². The number of ether oxygens (including phenoxy) is 2. The molecule has 4 heteroatoms. The number of morpholine rings is 1. The third-order valence-corrected chi connectivity index (χ3v) is 2.09. The summed E-state index contributed by atoms with van der Waals surface area (Å²) in [6.07, 6.45) is 1.07. The highest BCUT2D eigenvalue weighted by Crippen LogP contribution is 1.90. The van der Waals surface area contributed by atoms with E-state index in [1.54, 1.807) is 7.11 Å². The molecule has 1 fully saturated rings. The fourth-order valence-electron chi connectivity index (χ4n) is 1.37. The summed E-state index contributed by atoms with van der Waals surface area (Å²) in [4.78, 5) is 0. The Morgan fingerprint density at radius 3 is 3.23 bits per heavy atom. The topological polar surface area (TPSA) is 42.5 Å². The molecule has 4 nitrogen and oxygen atoms in total. The van der Waals surface area contributed by atoms with Crippen LogP contribution >= 0.6 is 0 Å². The second-order valence-corrected chi connectivity index (χ2v) is 3.28. The van der Waals surface area contributed by atoms with E-state index in [1.807, 2.05) is 0 Å². The molecule has 1 rings (SSSR count). The number of rotatable bonds is 6. The van der Waals surface area contributed by atoms with Gasteiger partial charge in [0.2, 0.25) is 0 Å². The van der Waals surface area contributed by atoms with E-state index < -0.39 is 0 Å². The Balaban J connectivity index is 1.86. The van der Waals surface area contributed by atoms with E-state index in [1.165, 1.54) is 0 Å². The third-order valence-electron chi connectivity index (χ3n) is 2.09. The van der Waals surface area contributed by atoms with Gasteiger partial charge in [-0.15, -0.1) is 0 Å². The molecule has 1 saturated heterocycles. The lowest BCUT2D eigenvalue weighted by Crippen LogP contribution is -2.47. The van der Waals surface area contributed by atoms with Crippen LogP contribution in [0.3, 0.4) is 0 Å². The minimum atomic E-state index is 0.483. The molecule has 0 amide bonds. The first-order valence-corrected chi connectivity index (χ1v) is 4.94. The van der Waals surface area contributed by atoms with Gasteiger partial charge < -0.3 is 20.1 Å². The van der Waals surface area contributed by atoms with Crippen molar-refractivity contribution in [2.75, 3.05) is 46.6 Å².